The number of methoxy groups -OCH3 is 2. The van der Waals surface area contributed by atoms with Gasteiger partial charge in [0.15, 0.2) is 17.3 Å². The molecule has 2 aromatic rings. The van der Waals surface area contributed by atoms with Gasteiger partial charge in [0.1, 0.15) is 5.82 Å². The Kier molecular flexibility index (Phi) is 6.58. The van der Waals surface area contributed by atoms with E-state index in [4.69, 9.17) is 14.0 Å². The molecule has 2 rings (SSSR count). The summed E-state index contributed by atoms with van der Waals surface area (Å²) in [5.74, 6) is 0.830. The van der Waals surface area contributed by atoms with Gasteiger partial charge in [-0.05, 0) is 20.0 Å². The van der Waals surface area contributed by atoms with E-state index in [2.05, 4.69) is 15.5 Å². The third-order valence-corrected chi connectivity index (χ3v) is 3.15. The molecule has 1 aromatic heterocycles. The highest BCUT2D eigenvalue weighted by Crippen LogP contribution is 2.34. The zero-order valence-corrected chi connectivity index (χ0v) is 13.7. The topological polar surface area (TPSA) is 69.4 Å². The Balaban J connectivity index is 0.00000242. The smallest absolute Gasteiger partial charge is 0.261 e. The van der Waals surface area contributed by atoms with Crippen LogP contribution >= 0.6 is 12.4 Å². The van der Waals surface area contributed by atoms with Crippen molar-refractivity contribution in [2.24, 2.45) is 0 Å². The van der Waals surface area contributed by atoms with Crippen LogP contribution < -0.4 is 14.8 Å². The van der Waals surface area contributed by atoms with Gasteiger partial charge in [-0.3, -0.25) is 0 Å². The van der Waals surface area contributed by atoms with Gasteiger partial charge in [-0.15, -0.1) is 12.4 Å². The molecule has 0 fully saturated rings. The molecule has 22 heavy (non-hydrogen) atoms. The summed E-state index contributed by atoms with van der Waals surface area (Å²) in [6.07, 6.45) is 0.592. The van der Waals surface area contributed by atoms with Crippen LogP contribution in [0.1, 0.15) is 12.7 Å². The van der Waals surface area contributed by atoms with Gasteiger partial charge in [0, 0.05) is 18.5 Å². The van der Waals surface area contributed by atoms with E-state index in [1.165, 1.54) is 26.4 Å². The minimum atomic E-state index is -0.510. The molecule has 0 aliphatic carbocycles. The number of likely N-dealkylation sites (N-methyl/N-ethyl adjacent to an activating group) is 1. The fourth-order valence-corrected chi connectivity index (χ4v) is 1.84. The maximum atomic E-state index is 14.1. The predicted molar refractivity (Wildman–Crippen MR) is 82.3 cm³/mol. The van der Waals surface area contributed by atoms with E-state index in [0.29, 0.717) is 23.7 Å². The lowest BCUT2D eigenvalue weighted by molar-refractivity contribution is 0.352. The summed E-state index contributed by atoms with van der Waals surface area (Å²) in [7, 11) is 4.77. The highest BCUT2D eigenvalue weighted by Gasteiger charge is 2.18. The summed E-state index contributed by atoms with van der Waals surface area (Å²) >= 11 is 0. The maximum Gasteiger partial charge on any atom is 0.261 e. The first kappa shape index (κ1) is 18.2. The number of ether oxygens (including phenoxy) is 2. The minimum Gasteiger partial charge on any atom is -0.493 e. The third kappa shape index (κ3) is 3.86. The zero-order valence-electron chi connectivity index (χ0n) is 12.8. The van der Waals surface area contributed by atoms with Gasteiger partial charge in [-0.2, -0.15) is 4.98 Å². The van der Waals surface area contributed by atoms with Crippen LogP contribution in [0.3, 0.4) is 0 Å². The number of rotatable bonds is 6. The molecule has 0 saturated heterocycles. The molecular formula is C14H19ClFN3O3. The number of hydrogen-bond acceptors (Lipinski definition) is 6. The van der Waals surface area contributed by atoms with Crippen LogP contribution in [0, 0.1) is 5.82 Å². The average molecular weight is 332 g/mol. The molecule has 122 valence electrons. The SMILES string of the molecule is CNC(C)Cc1noc(-c2cc(OC)c(OC)cc2F)n1.Cl. The first-order valence-corrected chi connectivity index (χ1v) is 6.50. The number of nitrogens with one attached hydrogen (secondary N) is 1. The summed E-state index contributed by atoms with van der Waals surface area (Å²) < 4.78 is 29.4. The summed E-state index contributed by atoms with van der Waals surface area (Å²) in [6, 6.07) is 2.91. The van der Waals surface area contributed by atoms with Crippen molar-refractivity contribution in [2.75, 3.05) is 21.3 Å². The van der Waals surface area contributed by atoms with Crippen LogP contribution in [0.25, 0.3) is 11.5 Å². The molecule has 0 spiro atoms. The van der Waals surface area contributed by atoms with Crippen LogP contribution in [-0.4, -0.2) is 37.4 Å². The van der Waals surface area contributed by atoms with E-state index in [1.807, 2.05) is 14.0 Å². The van der Waals surface area contributed by atoms with Crippen molar-refractivity contribution in [3.63, 3.8) is 0 Å². The molecule has 0 amide bonds. The molecule has 0 bridgehead atoms. The van der Waals surface area contributed by atoms with Crippen molar-refractivity contribution in [1.82, 2.24) is 15.5 Å². The quantitative estimate of drug-likeness (QED) is 0.877. The van der Waals surface area contributed by atoms with E-state index < -0.39 is 5.82 Å². The lowest BCUT2D eigenvalue weighted by Gasteiger charge is -2.08. The monoisotopic (exact) mass is 331 g/mol. The molecule has 1 N–H and O–H groups in total. The zero-order chi connectivity index (χ0) is 15.4. The van der Waals surface area contributed by atoms with Crippen molar-refractivity contribution >= 4 is 12.4 Å². The van der Waals surface area contributed by atoms with Crippen molar-refractivity contribution < 1.29 is 18.4 Å². The van der Waals surface area contributed by atoms with Crippen LogP contribution in [-0.2, 0) is 6.42 Å². The molecular weight excluding hydrogens is 313 g/mol. The van der Waals surface area contributed by atoms with Crippen molar-refractivity contribution in [3.8, 4) is 23.0 Å². The van der Waals surface area contributed by atoms with E-state index in [0.717, 1.165) is 0 Å². The summed E-state index contributed by atoms with van der Waals surface area (Å²) in [4.78, 5) is 4.21. The fraction of sp³-hybridized carbons (Fsp3) is 0.429. The van der Waals surface area contributed by atoms with E-state index in [1.54, 1.807) is 0 Å². The molecule has 1 heterocycles. The normalized spacial score (nSPS) is 11.7. The van der Waals surface area contributed by atoms with Gasteiger partial charge < -0.3 is 19.3 Å². The standard InChI is InChI=1S/C14H18FN3O3.ClH/c1-8(16-2)5-13-17-14(21-18-13)9-6-11(19-3)12(20-4)7-10(9)15;/h6-8,16H,5H2,1-4H3;1H. The van der Waals surface area contributed by atoms with Crippen molar-refractivity contribution in [3.05, 3.63) is 23.8 Å². The van der Waals surface area contributed by atoms with Gasteiger partial charge in [-0.25, -0.2) is 4.39 Å². The van der Waals surface area contributed by atoms with Crippen molar-refractivity contribution in [1.29, 1.82) is 0 Å². The molecule has 1 atom stereocenters. The molecule has 0 radical (unpaired) electrons. The first-order valence-electron chi connectivity index (χ1n) is 6.50. The van der Waals surface area contributed by atoms with E-state index in [-0.39, 0.29) is 29.9 Å². The average Bonchev–Trinajstić information content (AvgIpc) is 2.94. The fourth-order valence-electron chi connectivity index (χ4n) is 1.84. The second-order valence-electron chi connectivity index (χ2n) is 4.60. The van der Waals surface area contributed by atoms with Gasteiger partial charge in [0.05, 0.1) is 19.8 Å². The Morgan fingerprint density at radius 3 is 2.50 bits per heavy atom. The van der Waals surface area contributed by atoms with Crippen LogP contribution in [0.4, 0.5) is 4.39 Å². The molecule has 1 unspecified atom stereocenters. The minimum absolute atomic E-state index is 0. The largest absolute Gasteiger partial charge is 0.493 e. The third-order valence-electron chi connectivity index (χ3n) is 3.15. The lowest BCUT2D eigenvalue weighted by Crippen LogP contribution is -2.24. The number of halogens is 2. The van der Waals surface area contributed by atoms with E-state index >= 15 is 0 Å². The summed E-state index contributed by atoms with van der Waals surface area (Å²) in [5, 5.41) is 6.93. The first-order chi connectivity index (χ1) is 10.1. The van der Waals surface area contributed by atoms with Crippen molar-refractivity contribution in [2.45, 2.75) is 19.4 Å². The Hall–Kier alpha value is -1.86. The van der Waals surface area contributed by atoms with Gasteiger partial charge in [0.25, 0.3) is 5.89 Å². The second-order valence-corrected chi connectivity index (χ2v) is 4.60. The van der Waals surface area contributed by atoms with E-state index in [9.17, 15) is 4.39 Å². The summed E-state index contributed by atoms with van der Waals surface area (Å²) in [6.45, 7) is 1.99. The molecule has 1 aromatic carbocycles. The van der Waals surface area contributed by atoms with Gasteiger partial charge in [-0.1, -0.05) is 5.16 Å². The summed E-state index contributed by atoms with van der Waals surface area (Å²) in [5.41, 5.74) is 0.184. The van der Waals surface area contributed by atoms with Gasteiger partial charge >= 0.3 is 0 Å². The highest BCUT2D eigenvalue weighted by molar-refractivity contribution is 5.85. The molecule has 6 nitrogen and oxygen atoms in total. The number of aromatic nitrogens is 2. The van der Waals surface area contributed by atoms with Gasteiger partial charge in [0.2, 0.25) is 0 Å². The maximum absolute atomic E-state index is 14.1. The predicted octanol–water partition coefficient (Wildman–Crippen LogP) is 2.47. The van der Waals surface area contributed by atoms with Crippen LogP contribution in [0.2, 0.25) is 0 Å². The molecule has 0 aliphatic rings. The molecule has 8 heteroatoms. The molecule has 0 saturated carbocycles. The Morgan fingerprint density at radius 1 is 1.27 bits per heavy atom. The Morgan fingerprint density at radius 2 is 1.91 bits per heavy atom. The van der Waals surface area contributed by atoms with Crippen LogP contribution in [0.5, 0.6) is 11.5 Å². The van der Waals surface area contributed by atoms with Crippen LogP contribution in [0.15, 0.2) is 16.7 Å². The number of hydrogen-bond donors (Lipinski definition) is 1. The Labute approximate surface area is 134 Å². The molecule has 0 aliphatic heterocycles. The number of benzene rings is 1. The lowest BCUT2D eigenvalue weighted by atomic mass is 10.2. The second kappa shape index (κ2) is 7.95. The highest BCUT2D eigenvalue weighted by atomic mass is 35.5. The Bertz CT molecular complexity index is 621. The number of nitrogens with zero attached hydrogens (tertiary/aromatic N) is 2.